The Hall–Kier alpha value is -1.10. The van der Waals surface area contributed by atoms with E-state index in [1.807, 2.05) is 11.0 Å². The zero-order valence-corrected chi connectivity index (χ0v) is 11.1. The number of halogens is 1. The lowest BCUT2D eigenvalue weighted by Crippen LogP contribution is -2.56. The predicted octanol–water partition coefficient (Wildman–Crippen LogP) is 1.54. The molecular weight excluding hydrogens is 252 g/mol. The Balaban J connectivity index is 2.39. The summed E-state index contributed by atoms with van der Waals surface area (Å²) in [6.45, 7) is 4.80. The van der Waals surface area contributed by atoms with Crippen LogP contribution in [0.3, 0.4) is 0 Å². The SMILES string of the molecule is CC(C(=O)O)(c1cccc(Cl)c1)N1CCNCC1. The second kappa shape index (κ2) is 5.26. The third-order valence-corrected chi connectivity index (χ3v) is 3.79. The first-order chi connectivity index (χ1) is 8.55. The van der Waals surface area contributed by atoms with E-state index in [0.717, 1.165) is 31.7 Å². The third-order valence-electron chi connectivity index (χ3n) is 3.55. The number of benzene rings is 1. The molecule has 0 bridgehead atoms. The monoisotopic (exact) mass is 268 g/mol. The van der Waals surface area contributed by atoms with Crippen LogP contribution in [0.4, 0.5) is 0 Å². The van der Waals surface area contributed by atoms with Gasteiger partial charge in [0, 0.05) is 31.2 Å². The summed E-state index contributed by atoms with van der Waals surface area (Å²) < 4.78 is 0. The van der Waals surface area contributed by atoms with Crippen LogP contribution in [0.2, 0.25) is 5.02 Å². The summed E-state index contributed by atoms with van der Waals surface area (Å²) in [5.74, 6) is -0.841. The van der Waals surface area contributed by atoms with E-state index in [1.54, 1.807) is 25.1 Å². The van der Waals surface area contributed by atoms with Crippen molar-refractivity contribution in [1.82, 2.24) is 10.2 Å². The van der Waals surface area contributed by atoms with Crippen molar-refractivity contribution < 1.29 is 9.90 Å². The highest BCUT2D eigenvalue weighted by molar-refractivity contribution is 6.30. The summed E-state index contributed by atoms with van der Waals surface area (Å²) in [5.41, 5.74) is -0.295. The highest BCUT2D eigenvalue weighted by Crippen LogP contribution is 2.30. The molecule has 2 N–H and O–H groups in total. The first-order valence-electron chi connectivity index (χ1n) is 6.00. The van der Waals surface area contributed by atoms with E-state index in [9.17, 15) is 9.90 Å². The van der Waals surface area contributed by atoms with Crippen molar-refractivity contribution in [3.05, 3.63) is 34.9 Å². The predicted molar refractivity (Wildman–Crippen MR) is 70.9 cm³/mol. The average Bonchev–Trinajstić information content (AvgIpc) is 2.38. The second-order valence-electron chi connectivity index (χ2n) is 4.62. The van der Waals surface area contributed by atoms with E-state index in [-0.39, 0.29) is 0 Å². The average molecular weight is 269 g/mol. The van der Waals surface area contributed by atoms with Gasteiger partial charge in [-0.2, -0.15) is 0 Å². The molecule has 2 rings (SSSR count). The molecule has 0 amide bonds. The Morgan fingerprint density at radius 1 is 1.44 bits per heavy atom. The molecule has 0 aliphatic carbocycles. The topological polar surface area (TPSA) is 52.6 Å². The number of hydrogen-bond acceptors (Lipinski definition) is 3. The van der Waals surface area contributed by atoms with Crippen molar-refractivity contribution in [2.45, 2.75) is 12.5 Å². The third kappa shape index (κ3) is 2.36. The molecule has 4 nitrogen and oxygen atoms in total. The number of piperazine rings is 1. The molecule has 1 fully saturated rings. The van der Waals surface area contributed by atoms with Crippen molar-refractivity contribution in [2.75, 3.05) is 26.2 Å². The van der Waals surface area contributed by atoms with Gasteiger partial charge >= 0.3 is 5.97 Å². The molecule has 0 saturated carbocycles. The van der Waals surface area contributed by atoms with Gasteiger partial charge in [-0.1, -0.05) is 23.7 Å². The van der Waals surface area contributed by atoms with Gasteiger partial charge in [0.2, 0.25) is 0 Å². The first-order valence-corrected chi connectivity index (χ1v) is 6.38. The number of aliphatic carboxylic acids is 1. The summed E-state index contributed by atoms with van der Waals surface area (Å²) in [7, 11) is 0. The Kier molecular flexibility index (Phi) is 3.90. The van der Waals surface area contributed by atoms with Crippen molar-refractivity contribution >= 4 is 17.6 Å². The lowest BCUT2D eigenvalue weighted by atomic mass is 9.89. The fourth-order valence-electron chi connectivity index (χ4n) is 2.34. The van der Waals surface area contributed by atoms with Crippen molar-refractivity contribution in [3.63, 3.8) is 0 Å². The van der Waals surface area contributed by atoms with Gasteiger partial charge in [-0.25, -0.2) is 4.79 Å². The summed E-state index contributed by atoms with van der Waals surface area (Å²) >= 11 is 5.97. The molecule has 5 heteroatoms. The van der Waals surface area contributed by atoms with Gasteiger partial charge in [-0.15, -0.1) is 0 Å². The Morgan fingerprint density at radius 2 is 2.11 bits per heavy atom. The van der Waals surface area contributed by atoms with Gasteiger partial charge in [-0.3, -0.25) is 4.90 Å². The van der Waals surface area contributed by atoms with Crippen molar-refractivity contribution in [1.29, 1.82) is 0 Å². The molecule has 1 saturated heterocycles. The summed E-state index contributed by atoms with van der Waals surface area (Å²) in [6.07, 6.45) is 0. The molecule has 0 aromatic heterocycles. The zero-order valence-electron chi connectivity index (χ0n) is 10.3. The number of carboxylic acids is 1. The molecular formula is C13H17ClN2O2. The van der Waals surface area contributed by atoms with Crippen LogP contribution in [-0.4, -0.2) is 42.2 Å². The molecule has 1 atom stereocenters. The minimum atomic E-state index is -1.02. The van der Waals surface area contributed by atoms with Gasteiger partial charge in [0.15, 0.2) is 0 Å². The van der Waals surface area contributed by atoms with Crippen LogP contribution in [0, 0.1) is 0 Å². The van der Waals surface area contributed by atoms with Crippen molar-refractivity contribution in [2.24, 2.45) is 0 Å². The number of rotatable bonds is 3. The summed E-state index contributed by atoms with van der Waals surface area (Å²) in [4.78, 5) is 13.7. The van der Waals surface area contributed by atoms with Crippen LogP contribution >= 0.6 is 11.6 Å². The fourth-order valence-corrected chi connectivity index (χ4v) is 2.53. The largest absolute Gasteiger partial charge is 0.480 e. The number of nitrogens with one attached hydrogen (secondary N) is 1. The van der Waals surface area contributed by atoms with E-state index >= 15 is 0 Å². The van der Waals surface area contributed by atoms with E-state index < -0.39 is 11.5 Å². The van der Waals surface area contributed by atoms with E-state index in [0.29, 0.717) is 5.02 Å². The minimum Gasteiger partial charge on any atom is -0.480 e. The van der Waals surface area contributed by atoms with Crippen molar-refractivity contribution in [3.8, 4) is 0 Å². The Bertz CT molecular complexity index is 446. The van der Waals surface area contributed by atoms with Crippen LogP contribution in [0.15, 0.2) is 24.3 Å². The van der Waals surface area contributed by atoms with Crippen LogP contribution < -0.4 is 5.32 Å². The smallest absolute Gasteiger partial charge is 0.328 e. The maximum Gasteiger partial charge on any atom is 0.328 e. The quantitative estimate of drug-likeness (QED) is 0.873. The van der Waals surface area contributed by atoms with Crippen LogP contribution in [0.25, 0.3) is 0 Å². The van der Waals surface area contributed by atoms with E-state index in [4.69, 9.17) is 11.6 Å². The molecule has 1 heterocycles. The van der Waals surface area contributed by atoms with Gasteiger partial charge in [-0.05, 0) is 24.6 Å². The van der Waals surface area contributed by atoms with E-state index in [1.165, 1.54) is 0 Å². The standard InChI is InChI=1S/C13H17ClN2O2/c1-13(12(17)18,16-7-5-15-6-8-16)10-3-2-4-11(14)9-10/h2-4,9,15H,5-8H2,1H3,(H,17,18). The second-order valence-corrected chi connectivity index (χ2v) is 5.06. The summed E-state index contributed by atoms with van der Waals surface area (Å²) in [6, 6.07) is 7.10. The summed E-state index contributed by atoms with van der Waals surface area (Å²) in [5, 5.41) is 13.4. The number of carbonyl (C=O) groups is 1. The molecule has 0 radical (unpaired) electrons. The maximum absolute atomic E-state index is 11.7. The highest BCUT2D eigenvalue weighted by atomic mass is 35.5. The van der Waals surface area contributed by atoms with Gasteiger partial charge in [0.1, 0.15) is 5.54 Å². The molecule has 0 spiro atoms. The molecule has 18 heavy (non-hydrogen) atoms. The number of carboxylic acid groups (broad SMARTS) is 1. The number of hydrogen-bond donors (Lipinski definition) is 2. The molecule has 1 aliphatic heterocycles. The zero-order chi connectivity index (χ0) is 13.2. The molecule has 1 aliphatic rings. The molecule has 1 aromatic rings. The lowest BCUT2D eigenvalue weighted by Gasteiger charge is -2.40. The number of nitrogens with zero attached hydrogens (tertiary/aromatic N) is 1. The maximum atomic E-state index is 11.7. The van der Waals surface area contributed by atoms with Crippen LogP contribution in [-0.2, 0) is 10.3 Å². The van der Waals surface area contributed by atoms with Gasteiger partial charge < -0.3 is 10.4 Å². The normalized spacial score (nSPS) is 20.3. The van der Waals surface area contributed by atoms with Gasteiger partial charge in [0.25, 0.3) is 0 Å². The Labute approximate surface area is 112 Å². The van der Waals surface area contributed by atoms with Crippen LogP contribution in [0.1, 0.15) is 12.5 Å². The van der Waals surface area contributed by atoms with Crippen LogP contribution in [0.5, 0.6) is 0 Å². The molecule has 1 unspecified atom stereocenters. The fraction of sp³-hybridized carbons (Fsp3) is 0.462. The minimum absolute atomic E-state index is 0.565. The van der Waals surface area contributed by atoms with Gasteiger partial charge in [0.05, 0.1) is 0 Å². The lowest BCUT2D eigenvalue weighted by molar-refractivity contribution is -0.151. The Morgan fingerprint density at radius 3 is 2.67 bits per heavy atom. The van der Waals surface area contributed by atoms with E-state index in [2.05, 4.69) is 5.32 Å². The molecule has 98 valence electrons. The highest BCUT2D eigenvalue weighted by Gasteiger charge is 2.41. The first kappa shape index (κ1) is 13.3. The molecule has 1 aromatic carbocycles.